The van der Waals surface area contributed by atoms with Crippen molar-refractivity contribution in [3.8, 4) is 0 Å². The fourth-order valence-corrected chi connectivity index (χ4v) is 2.09. The van der Waals surface area contributed by atoms with Gasteiger partial charge in [-0.05, 0) is 32.9 Å². The molecular formula is C15H21F2NO2. The van der Waals surface area contributed by atoms with Crippen LogP contribution in [0.2, 0.25) is 0 Å². The molecule has 1 aromatic rings. The van der Waals surface area contributed by atoms with Crippen LogP contribution < -0.4 is 5.32 Å². The first kappa shape index (κ1) is 16.6. The summed E-state index contributed by atoms with van der Waals surface area (Å²) in [5.41, 5.74) is -0.652. The minimum absolute atomic E-state index is 0.0105. The number of rotatable bonds is 7. The van der Waals surface area contributed by atoms with Crippen molar-refractivity contribution >= 4 is 5.97 Å². The number of carbonyl (C=O) groups is 1. The molecule has 0 saturated carbocycles. The molecule has 0 fully saturated rings. The molecule has 0 aliphatic carbocycles. The van der Waals surface area contributed by atoms with Crippen LogP contribution in [-0.4, -0.2) is 19.1 Å². The van der Waals surface area contributed by atoms with Gasteiger partial charge in [-0.1, -0.05) is 13.0 Å². The summed E-state index contributed by atoms with van der Waals surface area (Å²) in [6.07, 6.45) is 0.824. The van der Waals surface area contributed by atoms with Gasteiger partial charge in [0.1, 0.15) is 11.6 Å². The summed E-state index contributed by atoms with van der Waals surface area (Å²) in [6, 6.07) is 3.38. The molecule has 1 N–H and O–H groups in total. The molecule has 0 amide bonds. The van der Waals surface area contributed by atoms with Gasteiger partial charge in [0.05, 0.1) is 18.6 Å². The Bertz CT molecular complexity index is 465. The summed E-state index contributed by atoms with van der Waals surface area (Å²) in [7, 11) is 0. The number of nitrogens with one attached hydrogen (secondary N) is 1. The Balaban J connectivity index is 3.05. The molecule has 1 aromatic carbocycles. The molecule has 1 rings (SSSR count). The van der Waals surface area contributed by atoms with Crippen LogP contribution in [0.1, 0.15) is 39.2 Å². The van der Waals surface area contributed by atoms with Crippen molar-refractivity contribution in [2.75, 3.05) is 13.2 Å². The van der Waals surface area contributed by atoms with Crippen LogP contribution in [-0.2, 0) is 15.1 Å². The van der Waals surface area contributed by atoms with Crippen LogP contribution >= 0.6 is 0 Å². The highest BCUT2D eigenvalue weighted by Crippen LogP contribution is 2.28. The predicted octanol–water partition coefficient (Wildman–Crippen LogP) is 3.13. The maximum Gasteiger partial charge on any atom is 0.307 e. The lowest BCUT2D eigenvalue weighted by Crippen LogP contribution is -2.43. The fourth-order valence-electron chi connectivity index (χ4n) is 2.09. The Morgan fingerprint density at radius 1 is 1.35 bits per heavy atom. The largest absolute Gasteiger partial charge is 0.466 e. The number of hydrogen-bond acceptors (Lipinski definition) is 3. The van der Waals surface area contributed by atoms with Crippen LogP contribution in [0, 0.1) is 11.6 Å². The van der Waals surface area contributed by atoms with Crippen LogP contribution in [0.25, 0.3) is 0 Å². The molecule has 0 radical (unpaired) electrons. The molecular weight excluding hydrogens is 264 g/mol. The zero-order valence-corrected chi connectivity index (χ0v) is 12.1. The smallest absolute Gasteiger partial charge is 0.307 e. The molecule has 112 valence electrons. The van der Waals surface area contributed by atoms with Gasteiger partial charge in [-0.25, -0.2) is 8.78 Å². The molecule has 0 aliphatic rings. The normalized spacial score (nSPS) is 13.8. The molecule has 5 heteroatoms. The molecule has 0 aromatic heterocycles. The fraction of sp³-hybridized carbons (Fsp3) is 0.533. The third-order valence-corrected chi connectivity index (χ3v) is 3.09. The van der Waals surface area contributed by atoms with Gasteiger partial charge in [0.2, 0.25) is 0 Å². The van der Waals surface area contributed by atoms with E-state index in [1.165, 1.54) is 12.1 Å². The van der Waals surface area contributed by atoms with Gasteiger partial charge in [0.25, 0.3) is 0 Å². The van der Waals surface area contributed by atoms with Crippen molar-refractivity contribution in [2.24, 2.45) is 0 Å². The second-order valence-corrected chi connectivity index (χ2v) is 4.86. The van der Waals surface area contributed by atoms with Crippen LogP contribution in [0.15, 0.2) is 18.2 Å². The van der Waals surface area contributed by atoms with Crippen LogP contribution in [0.4, 0.5) is 8.78 Å². The third kappa shape index (κ3) is 4.27. The lowest BCUT2D eigenvalue weighted by atomic mass is 9.88. The SMILES string of the molecule is CCCNC(C)(CC(=O)OCC)c1ccc(F)cc1F. The standard InChI is InChI=1S/C15H21F2NO2/c1-4-8-18-15(3,10-14(19)20-5-2)12-7-6-11(16)9-13(12)17/h6-7,9,18H,4-5,8,10H2,1-3H3. The van der Waals surface area contributed by atoms with Crippen molar-refractivity contribution in [3.05, 3.63) is 35.4 Å². The maximum atomic E-state index is 14.0. The number of hydrogen-bond donors (Lipinski definition) is 1. The molecule has 0 saturated heterocycles. The van der Waals surface area contributed by atoms with Gasteiger partial charge in [-0.15, -0.1) is 0 Å². The van der Waals surface area contributed by atoms with Crippen LogP contribution in [0.3, 0.4) is 0 Å². The number of ether oxygens (including phenoxy) is 1. The molecule has 0 heterocycles. The van der Waals surface area contributed by atoms with Crippen molar-refractivity contribution in [3.63, 3.8) is 0 Å². The topological polar surface area (TPSA) is 38.3 Å². The summed E-state index contributed by atoms with van der Waals surface area (Å²) < 4.78 is 31.9. The first-order valence-electron chi connectivity index (χ1n) is 6.79. The van der Waals surface area contributed by atoms with Gasteiger partial charge in [-0.2, -0.15) is 0 Å². The van der Waals surface area contributed by atoms with E-state index in [0.717, 1.165) is 12.5 Å². The molecule has 20 heavy (non-hydrogen) atoms. The summed E-state index contributed by atoms with van der Waals surface area (Å²) in [5.74, 6) is -1.72. The molecule has 0 aliphatic heterocycles. The Morgan fingerprint density at radius 2 is 2.05 bits per heavy atom. The highest BCUT2D eigenvalue weighted by molar-refractivity contribution is 5.71. The van der Waals surface area contributed by atoms with Crippen molar-refractivity contribution in [1.82, 2.24) is 5.32 Å². The zero-order chi connectivity index (χ0) is 15.2. The quantitative estimate of drug-likeness (QED) is 0.782. The molecule has 0 spiro atoms. The summed E-state index contributed by atoms with van der Waals surface area (Å²) in [4.78, 5) is 11.7. The average Bonchev–Trinajstić information content (AvgIpc) is 2.36. The van der Waals surface area contributed by atoms with E-state index in [1.54, 1.807) is 13.8 Å². The van der Waals surface area contributed by atoms with Crippen molar-refractivity contribution in [1.29, 1.82) is 0 Å². The second kappa shape index (κ2) is 7.33. The summed E-state index contributed by atoms with van der Waals surface area (Å²) in [5, 5.41) is 3.15. The van der Waals surface area contributed by atoms with Crippen molar-refractivity contribution in [2.45, 2.75) is 39.2 Å². The van der Waals surface area contributed by atoms with E-state index in [4.69, 9.17) is 4.74 Å². The zero-order valence-electron chi connectivity index (χ0n) is 12.1. The molecule has 1 unspecified atom stereocenters. The number of benzene rings is 1. The lowest BCUT2D eigenvalue weighted by Gasteiger charge is -2.31. The molecule has 1 atom stereocenters. The third-order valence-electron chi connectivity index (χ3n) is 3.09. The van der Waals surface area contributed by atoms with E-state index >= 15 is 0 Å². The Kier molecular flexibility index (Phi) is 6.07. The first-order chi connectivity index (χ1) is 9.42. The highest BCUT2D eigenvalue weighted by Gasteiger charge is 2.32. The number of carbonyl (C=O) groups excluding carboxylic acids is 1. The average molecular weight is 285 g/mol. The van der Waals surface area contributed by atoms with Gasteiger partial charge in [-0.3, -0.25) is 4.79 Å². The summed E-state index contributed by atoms with van der Waals surface area (Å²) >= 11 is 0. The van der Waals surface area contributed by atoms with Gasteiger partial charge in [0.15, 0.2) is 0 Å². The predicted molar refractivity (Wildman–Crippen MR) is 73.3 cm³/mol. The minimum atomic E-state index is -0.917. The van der Waals surface area contributed by atoms with E-state index < -0.39 is 23.1 Å². The lowest BCUT2D eigenvalue weighted by molar-refractivity contribution is -0.144. The van der Waals surface area contributed by atoms with E-state index in [1.807, 2.05) is 6.92 Å². The van der Waals surface area contributed by atoms with E-state index in [2.05, 4.69) is 5.32 Å². The van der Waals surface area contributed by atoms with E-state index in [9.17, 15) is 13.6 Å². The Labute approximate surface area is 118 Å². The highest BCUT2D eigenvalue weighted by atomic mass is 19.1. The molecule has 3 nitrogen and oxygen atoms in total. The Hall–Kier alpha value is -1.49. The van der Waals surface area contributed by atoms with Crippen LogP contribution in [0.5, 0.6) is 0 Å². The maximum absolute atomic E-state index is 14.0. The first-order valence-corrected chi connectivity index (χ1v) is 6.79. The number of halogens is 2. The monoisotopic (exact) mass is 285 g/mol. The van der Waals surface area contributed by atoms with Crippen molar-refractivity contribution < 1.29 is 18.3 Å². The van der Waals surface area contributed by atoms with Gasteiger partial charge >= 0.3 is 5.97 Å². The van der Waals surface area contributed by atoms with E-state index in [0.29, 0.717) is 6.54 Å². The molecule has 0 bridgehead atoms. The number of esters is 1. The Morgan fingerprint density at radius 3 is 2.60 bits per heavy atom. The minimum Gasteiger partial charge on any atom is -0.466 e. The summed E-state index contributed by atoms with van der Waals surface area (Å²) in [6.45, 7) is 6.29. The van der Waals surface area contributed by atoms with Gasteiger partial charge < -0.3 is 10.1 Å². The van der Waals surface area contributed by atoms with Gasteiger partial charge in [0, 0.05) is 11.6 Å². The van der Waals surface area contributed by atoms with E-state index in [-0.39, 0.29) is 18.6 Å². The second-order valence-electron chi connectivity index (χ2n) is 4.86.